The summed E-state index contributed by atoms with van der Waals surface area (Å²) >= 11 is 0. The first-order valence-electron chi connectivity index (χ1n) is 15.3. The molecule has 1 saturated heterocycles. The molecule has 2 aromatic carbocycles. The summed E-state index contributed by atoms with van der Waals surface area (Å²) in [6.07, 6.45) is 6.25. The zero-order valence-electron chi connectivity index (χ0n) is 24.8. The van der Waals surface area contributed by atoms with Gasteiger partial charge in [0.1, 0.15) is 6.04 Å². The Balaban J connectivity index is 1.29. The van der Waals surface area contributed by atoms with Crippen molar-refractivity contribution < 1.29 is 9.59 Å². The van der Waals surface area contributed by atoms with Gasteiger partial charge in [-0.05, 0) is 67.4 Å². The summed E-state index contributed by atoms with van der Waals surface area (Å²) in [5.41, 5.74) is 5.43. The van der Waals surface area contributed by atoms with Crippen LogP contribution < -0.4 is 10.9 Å². The van der Waals surface area contributed by atoms with Gasteiger partial charge in [-0.25, -0.2) is 9.48 Å². The molecule has 6 rings (SSSR count). The highest BCUT2D eigenvalue weighted by Crippen LogP contribution is 2.33. The van der Waals surface area contributed by atoms with Crippen LogP contribution in [0.3, 0.4) is 0 Å². The molecule has 2 unspecified atom stereocenters. The predicted molar refractivity (Wildman–Crippen MR) is 162 cm³/mol. The molecule has 43 heavy (non-hydrogen) atoms. The molecule has 224 valence electrons. The number of hydrogen-bond donors (Lipinski definition) is 2. The number of amides is 3. The summed E-state index contributed by atoms with van der Waals surface area (Å²) in [5.74, 6) is 0.196. The second kappa shape index (κ2) is 12.4. The Labute approximate surface area is 250 Å². The Hall–Kier alpha value is -4.54. The SMILES string of the molecule is CCCc1c(Cc2ccc(-c3ccccc3-c3nn[nH]n3)cc2)c(=O)n2n1C(C(=O)NC(=O)N1CCCCC1)CCC2C. The average molecular weight is 583 g/mol. The van der Waals surface area contributed by atoms with Crippen molar-refractivity contribution >= 4 is 11.9 Å². The lowest BCUT2D eigenvalue weighted by Gasteiger charge is -2.33. The minimum absolute atomic E-state index is 0.0391. The molecule has 11 heteroatoms. The van der Waals surface area contributed by atoms with Gasteiger partial charge in [0, 0.05) is 36.3 Å². The van der Waals surface area contributed by atoms with Gasteiger partial charge in [0.25, 0.3) is 11.5 Å². The maximum absolute atomic E-state index is 13.9. The Bertz CT molecular complexity index is 1650. The van der Waals surface area contributed by atoms with E-state index in [9.17, 15) is 14.4 Å². The van der Waals surface area contributed by atoms with E-state index in [1.807, 2.05) is 60.1 Å². The number of benzene rings is 2. The van der Waals surface area contributed by atoms with Gasteiger partial charge in [-0.1, -0.05) is 61.9 Å². The van der Waals surface area contributed by atoms with E-state index in [2.05, 4.69) is 32.9 Å². The molecule has 2 aliphatic rings. The summed E-state index contributed by atoms with van der Waals surface area (Å²) in [7, 11) is 0. The summed E-state index contributed by atoms with van der Waals surface area (Å²) in [5, 5.41) is 17.2. The normalized spacial score (nSPS) is 18.3. The van der Waals surface area contributed by atoms with Crippen LogP contribution in [0.25, 0.3) is 22.5 Å². The number of urea groups is 1. The van der Waals surface area contributed by atoms with Crippen molar-refractivity contribution in [3.05, 3.63) is 75.7 Å². The van der Waals surface area contributed by atoms with E-state index in [0.29, 0.717) is 44.6 Å². The summed E-state index contributed by atoms with van der Waals surface area (Å²) < 4.78 is 3.67. The zero-order chi connectivity index (χ0) is 29.9. The highest BCUT2D eigenvalue weighted by molar-refractivity contribution is 5.96. The average Bonchev–Trinajstić information content (AvgIpc) is 3.66. The Morgan fingerprint density at radius 2 is 1.72 bits per heavy atom. The van der Waals surface area contributed by atoms with Crippen molar-refractivity contribution in [1.82, 2.24) is 40.2 Å². The van der Waals surface area contributed by atoms with Crippen molar-refractivity contribution in [2.45, 2.75) is 77.3 Å². The van der Waals surface area contributed by atoms with Crippen molar-refractivity contribution in [3.8, 4) is 22.5 Å². The van der Waals surface area contributed by atoms with Crippen LogP contribution in [0.4, 0.5) is 4.79 Å². The number of nitrogens with one attached hydrogen (secondary N) is 2. The van der Waals surface area contributed by atoms with Gasteiger partial charge >= 0.3 is 6.03 Å². The minimum atomic E-state index is -0.600. The van der Waals surface area contributed by atoms with E-state index in [0.717, 1.165) is 59.2 Å². The molecule has 2 aromatic heterocycles. The van der Waals surface area contributed by atoms with Crippen LogP contribution in [0, 0.1) is 0 Å². The number of H-pyrrole nitrogens is 1. The van der Waals surface area contributed by atoms with E-state index in [-0.39, 0.29) is 23.5 Å². The fourth-order valence-electron chi connectivity index (χ4n) is 6.52. The standard InChI is InChI=1S/C32H38N8O3/c1-3-9-27-26(20-22-13-15-23(16-14-22)24-10-5-6-11-25(24)29-34-36-37-35-29)31(42)39-21(2)12-17-28(40(27)39)30(41)33-32(43)38-18-7-4-8-19-38/h5-6,10-11,13-16,21,28H,3-4,7-9,12,17-20H2,1-2H3,(H,33,41,43)(H,34,35,36,37). The number of likely N-dealkylation sites (tertiary alicyclic amines) is 1. The number of imide groups is 1. The molecule has 1 fully saturated rings. The van der Waals surface area contributed by atoms with Crippen LogP contribution in [0.15, 0.2) is 53.3 Å². The van der Waals surface area contributed by atoms with Crippen LogP contribution in [0.1, 0.15) is 81.3 Å². The number of carbonyl (C=O) groups is 2. The first kappa shape index (κ1) is 28.6. The Morgan fingerprint density at radius 1 is 0.977 bits per heavy atom. The molecule has 2 N–H and O–H groups in total. The zero-order valence-corrected chi connectivity index (χ0v) is 24.8. The molecule has 11 nitrogen and oxygen atoms in total. The molecule has 0 radical (unpaired) electrons. The Kier molecular flexibility index (Phi) is 8.22. The summed E-state index contributed by atoms with van der Waals surface area (Å²) in [6, 6.07) is 15.1. The molecule has 0 aliphatic carbocycles. The van der Waals surface area contributed by atoms with Crippen LogP contribution in [0.5, 0.6) is 0 Å². The van der Waals surface area contributed by atoms with Gasteiger partial charge in [-0.3, -0.25) is 19.6 Å². The Morgan fingerprint density at radius 3 is 2.42 bits per heavy atom. The number of fused-ring (bicyclic) bond motifs is 1. The highest BCUT2D eigenvalue weighted by atomic mass is 16.2. The fourth-order valence-corrected chi connectivity index (χ4v) is 6.52. The minimum Gasteiger partial charge on any atom is -0.324 e. The molecular weight excluding hydrogens is 544 g/mol. The highest BCUT2D eigenvalue weighted by Gasteiger charge is 2.36. The molecular formula is C32H38N8O3. The van der Waals surface area contributed by atoms with E-state index in [1.54, 1.807) is 9.58 Å². The number of hydrogen-bond acceptors (Lipinski definition) is 6. The van der Waals surface area contributed by atoms with Gasteiger partial charge in [-0.2, -0.15) is 5.21 Å². The fraction of sp³-hybridized carbons (Fsp3) is 0.438. The molecule has 0 saturated carbocycles. The second-order valence-electron chi connectivity index (χ2n) is 11.6. The van der Waals surface area contributed by atoms with Crippen molar-refractivity contribution in [3.63, 3.8) is 0 Å². The van der Waals surface area contributed by atoms with Gasteiger partial charge in [0.05, 0.1) is 6.04 Å². The van der Waals surface area contributed by atoms with Gasteiger partial charge in [0.15, 0.2) is 0 Å². The lowest BCUT2D eigenvalue weighted by Crippen LogP contribution is -2.49. The number of aromatic nitrogens is 6. The third-order valence-electron chi connectivity index (χ3n) is 8.72. The van der Waals surface area contributed by atoms with E-state index in [4.69, 9.17) is 0 Å². The smallest absolute Gasteiger partial charge is 0.324 e. The topological polar surface area (TPSA) is 131 Å². The van der Waals surface area contributed by atoms with Crippen molar-refractivity contribution in [1.29, 1.82) is 0 Å². The van der Waals surface area contributed by atoms with E-state index in [1.165, 1.54) is 0 Å². The molecule has 2 atom stereocenters. The van der Waals surface area contributed by atoms with Crippen LogP contribution in [-0.2, 0) is 17.6 Å². The first-order chi connectivity index (χ1) is 21.0. The molecule has 4 aromatic rings. The first-order valence-corrected chi connectivity index (χ1v) is 15.3. The lowest BCUT2D eigenvalue weighted by molar-refractivity contribution is -0.125. The second-order valence-corrected chi connectivity index (χ2v) is 11.6. The predicted octanol–water partition coefficient (Wildman–Crippen LogP) is 4.66. The number of piperidine rings is 1. The summed E-state index contributed by atoms with van der Waals surface area (Å²) in [4.78, 5) is 42.1. The van der Waals surface area contributed by atoms with Crippen LogP contribution in [0.2, 0.25) is 0 Å². The van der Waals surface area contributed by atoms with Crippen LogP contribution in [-0.4, -0.2) is 59.9 Å². The number of tetrazole rings is 1. The van der Waals surface area contributed by atoms with Crippen LogP contribution >= 0.6 is 0 Å². The number of nitrogens with zero attached hydrogens (tertiary/aromatic N) is 6. The molecule has 0 bridgehead atoms. The van der Waals surface area contributed by atoms with Crippen molar-refractivity contribution in [2.75, 3.05) is 13.1 Å². The quantitative estimate of drug-likeness (QED) is 0.326. The monoisotopic (exact) mass is 582 g/mol. The number of rotatable bonds is 7. The van der Waals surface area contributed by atoms with Gasteiger partial charge in [0.2, 0.25) is 5.82 Å². The molecule has 3 amide bonds. The molecule has 0 spiro atoms. The molecule has 4 heterocycles. The largest absolute Gasteiger partial charge is 0.324 e. The maximum atomic E-state index is 13.9. The van der Waals surface area contributed by atoms with E-state index >= 15 is 0 Å². The molecule has 2 aliphatic heterocycles. The lowest BCUT2D eigenvalue weighted by atomic mass is 9.96. The summed E-state index contributed by atoms with van der Waals surface area (Å²) in [6.45, 7) is 5.44. The number of carbonyl (C=O) groups excluding carboxylic acids is 2. The van der Waals surface area contributed by atoms with Gasteiger partial charge < -0.3 is 4.90 Å². The van der Waals surface area contributed by atoms with Crippen molar-refractivity contribution in [2.24, 2.45) is 0 Å². The third-order valence-corrected chi connectivity index (χ3v) is 8.72. The van der Waals surface area contributed by atoms with E-state index < -0.39 is 6.04 Å². The van der Waals surface area contributed by atoms with Gasteiger partial charge in [-0.15, -0.1) is 10.2 Å². The third kappa shape index (κ3) is 5.63. The maximum Gasteiger partial charge on any atom is 0.324 e. The number of aromatic amines is 1.